The van der Waals surface area contributed by atoms with E-state index in [0.29, 0.717) is 22.4 Å². The molecule has 3 heterocycles. The summed E-state index contributed by atoms with van der Waals surface area (Å²) in [4.78, 5) is 81.6. The van der Waals surface area contributed by atoms with Crippen LogP contribution in [0.1, 0.15) is 34.0 Å². The maximum absolute atomic E-state index is 14.4. The number of fused-ring (bicyclic) bond motifs is 18. The smallest absolute Gasteiger partial charge is 0.326 e. The lowest BCUT2D eigenvalue weighted by Gasteiger charge is -2.26. The lowest BCUT2D eigenvalue weighted by Crippen LogP contribution is -2.57. The molecule has 0 fully saturated rings. The van der Waals surface area contributed by atoms with Crippen LogP contribution in [0.25, 0.3) is 11.1 Å². The van der Waals surface area contributed by atoms with Crippen LogP contribution in [0.4, 0.5) is 5.69 Å². The molecule has 14 nitrogen and oxygen atoms in total. The molecule has 2 aliphatic rings. The number of benzene rings is 4. The second-order valence-corrected chi connectivity index (χ2v) is 15.0. The van der Waals surface area contributed by atoms with Gasteiger partial charge in [-0.05, 0) is 64.2 Å². The maximum atomic E-state index is 14.4. The summed E-state index contributed by atoms with van der Waals surface area (Å²) >= 11 is 1.10. The average molecular weight is 818 g/mol. The van der Waals surface area contributed by atoms with E-state index in [9.17, 15) is 44.1 Å². The van der Waals surface area contributed by atoms with Crippen molar-refractivity contribution in [3.05, 3.63) is 148 Å². The van der Waals surface area contributed by atoms with Gasteiger partial charge in [0, 0.05) is 23.4 Å². The molecular weight excluding hydrogens is 775 g/mol. The number of thiophene rings is 1. The summed E-state index contributed by atoms with van der Waals surface area (Å²) < 4.78 is 0. The molecule has 5 amide bonds. The molecule has 2 aliphatic heterocycles. The summed E-state index contributed by atoms with van der Waals surface area (Å²) in [5.74, 6) is -6.10. The van der Waals surface area contributed by atoms with Crippen LogP contribution >= 0.6 is 11.3 Å². The summed E-state index contributed by atoms with van der Waals surface area (Å²) in [6.07, 6.45) is -4.39. The number of rotatable bonds is 8. The number of carbonyl (C=O) groups excluding carboxylic acids is 5. The Morgan fingerprint density at radius 2 is 1.20 bits per heavy atom. The van der Waals surface area contributed by atoms with Gasteiger partial charge in [0.25, 0.3) is 11.8 Å². The van der Waals surface area contributed by atoms with Crippen LogP contribution in [0.3, 0.4) is 0 Å². The molecule has 0 saturated carbocycles. The molecule has 4 aromatic carbocycles. The van der Waals surface area contributed by atoms with Gasteiger partial charge in [0.2, 0.25) is 17.7 Å². The van der Waals surface area contributed by atoms with E-state index in [2.05, 4.69) is 26.6 Å². The van der Waals surface area contributed by atoms with Gasteiger partial charge in [-0.1, -0.05) is 103 Å². The van der Waals surface area contributed by atoms with Crippen molar-refractivity contribution in [3.8, 4) is 11.1 Å². The van der Waals surface area contributed by atoms with Crippen molar-refractivity contribution in [1.29, 1.82) is 0 Å². The quantitative estimate of drug-likeness (QED) is 0.108. The zero-order chi connectivity index (χ0) is 41.9. The number of aliphatic hydroxyl groups is 2. The normalized spacial score (nSPS) is 22.2. The Morgan fingerprint density at radius 3 is 1.85 bits per heavy atom. The highest BCUT2D eigenvalue weighted by molar-refractivity contribution is 7.10. The zero-order valence-electron chi connectivity index (χ0n) is 31.6. The van der Waals surface area contributed by atoms with E-state index in [0.717, 1.165) is 28.0 Å². The second-order valence-electron chi connectivity index (χ2n) is 14.1. The van der Waals surface area contributed by atoms with Crippen molar-refractivity contribution in [2.75, 3.05) is 5.32 Å². The highest BCUT2D eigenvalue weighted by Crippen LogP contribution is 2.23. The third-order valence-corrected chi connectivity index (χ3v) is 10.8. The predicted octanol–water partition coefficient (Wildman–Crippen LogP) is 2.90. The first-order valence-corrected chi connectivity index (χ1v) is 19.7. The maximum Gasteiger partial charge on any atom is 0.326 e. The van der Waals surface area contributed by atoms with Crippen molar-refractivity contribution in [3.63, 3.8) is 0 Å². The first-order valence-electron chi connectivity index (χ1n) is 18.9. The van der Waals surface area contributed by atoms with Gasteiger partial charge in [0.1, 0.15) is 24.2 Å². The Morgan fingerprint density at radius 1 is 0.593 bits per heavy atom. The summed E-state index contributed by atoms with van der Waals surface area (Å²) in [6.45, 7) is 0. The molecule has 2 bridgehead atoms. The number of amides is 5. The summed E-state index contributed by atoms with van der Waals surface area (Å²) in [7, 11) is 0. The van der Waals surface area contributed by atoms with Crippen molar-refractivity contribution < 1.29 is 44.1 Å². The highest BCUT2D eigenvalue weighted by Gasteiger charge is 2.36. The molecule has 0 spiro atoms. The van der Waals surface area contributed by atoms with Crippen LogP contribution in [0.5, 0.6) is 0 Å². The van der Waals surface area contributed by atoms with Gasteiger partial charge >= 0.3 is 5.97 Å². The Kier molecular flexibility index (Phi) is 14.0. The lowest BCUT2D eigenvalue weighted by molar-refractivity contribution is -0.145. The van der Waals surface area contributed by atoms with Crippen LogP contribution in [-0.2, 0) is 48.0 Å². The van der Waals surface area contributed by atoms with Crippen LogP contribution < -0.4 is 26.6 Å². The number of aryl methyl sites for hydroxylation is 1. The highest BCUT2D eigenvalue weighted by atomic mass is 32.1. The molecule has 0 radical (unpaired) electrons. The van der Waals surface area contributed by atoms with Gasteiger partial charge in [-0.15, -0.1) is 11.3 Å². The van der Waals surface area contributed by atoms with Gasteiger partial charge in [0.05, 0.1) is 0 Å². The van der Waals surface area contributed by atoms with E-state index in [1.165, 1.54) is 24.3 Å². The minimum absolute atomic E-state index is 0.0696. The van der Waals surface area contributed by atoms with E-state index in [1.54, 1.807) is 29.6 Å². The number of nitrogens with one attached hydrogen (secondary N) is 5. The van der Waals surface area contributed by atoms with Crippen molar-refractivity contribution in [2.45, 2.75) is 62.1 Å². The number of carboxylic acid groups (broad SMARTS) is 1. The number of aliphatic hydroxyl groups excluding tert-OH is 2. The third kappa shape index (κ3) is 11.3. The standard InChI is InChI=1S/C44H43N5O9S/c50-37-38(51)43(56)49-36(35-12-7-23-59-35)41(54)47-33(24-27-13-18-30(19-14-27)29-10-5-2-6-11-29)40(53)46-32(22-17-26-8-3-1-4-9-26)39(52)48-34(44(57)58)25-28-15-20-31(21-16-28)45-42(37)55/h1-16,18-21,23,32-34,36-38,50-51H,17,22,24-25H2,(H,45,55)(H,46,53)(H,47,54)(H,48,52)(H,49,56)(H,57,58)/t32-,33-,34-,36?,37+,38+/m0/s1. The first-order chi connectivity index (χ1) is 28.4. The zero-order valence-corrected chi connectivity index (χ0v) is 32.4. The average Bonchev–Trinajstić information content (AvgIpc) is 3.79. The van der Waals surface area contributed by atoms with Gasteiger partial charge in [-0.2, -0.15) is 0 Å². The van der Waals surface area contributed by atoms with Crippen molar-refractivity contribution >= 4 is 52.5 Å². The van der Waals surface area contributed by atoms with E-state index >= 15 is 0 Å². The molecule has 59 heavy (non-hydrogen) atoms. The number of hydrogen-bond acceptors (Lipinski definition) is 9. The number of carboxylic acids is 1. The number of hydrogen-bond donors (Lipinski definition) is 8. The predicted molar refractivity (Wildman–Crippen MR) is 220 cm³/mol. The fourth-order valence-electron chi connectivity index (χ4n) is 6.54. The van der Waals surface area contributed by atoms with Gasteiger partial charge in [-0.3, -0.25) is 24.0 Å². The Hall–Kier alpha value is -6.68. The molecule has 15 heteroatoms. The second kappa shape index (κ2) is 19.7. The molecule has 5 aromatic rings. The van der Waals surface area contributed by atoms with E-state index in [4.69, 9.17) is 0 Å². The Balaban J connectivity index is 1.36. The van der Waals surface area contributed by atoms with Gasteiger partial charge in [-0.25, -0.2) is 4.79 Å². The molecule has 0 saturated heterocycles. The SMILES string of the molecule is O=C1N[C@@H](Cc2ccc(-c3ccccc3)cc2)C(=O)N[C@@H](CCc2ccccc2)C(=O)N[C@H](C(=O)O)Cc2ccc(cc2)NC(=O)[C@H](O)[C@@H](O)C(=O)NC1c1cccs1. The molecule has 0 aliphatic carbocycles. The third-order valence-electron chi connectivity index (χ3n) is 9.82. The van der Waals surface area contributed by atoms with E-state index in [-0.39, 0.29) is 24.9 Å². The lowest BCUT2D eigenvalue weighted by atomic mass is 9.99. The van der Waals surface area contributed by atoms with Crippen molar-refractivity contribution in [2.24, 2.45) is 0 Å². The molecule has 7 rings (SSSR count). The summed E-state index contributed by atoms with van der Waals surface area (Å²) in [5, 5.41) is 46.1. The largest absolute Gasteiger partial charge is 0.480 e. The van der Waals surface area contributed by atoms with Crippen LogP contribution in [0.15, 0.2) is 127 Å². The topological polar surface area (TPSA) is 223 Å². The fourth-order valence-corrected chi connectivity index (χ4v) is 7.32. The molecule has 6 atom stereocenters. The summed E-state index contributed by atoms with van der Waals surface area (Å²) in [5.41, 5.74) is 4.00. The van der Waals surface area contributed by atoms with Crippen molar-refractivity contribution in [1.82, 2.24) is 21.3 Å². The first kappa shape index (κ1) is 41.9. The van der Waals surface area contributed by atoms with E-state index in [1.807, 2.05) is 72.8 Å². The van der Waals surface area contributed by atoms with Crippen LogP contribution in [-0.4, -0.2) is 81.2 Å². The Labute approximate surface area is 343 Å². The molecular formula is C44H43N5O9S. The van der Waals surface area contributed by atoms with E-state index < -0.39 is 71.9 Å². The monoisotopic (exact) mass is 817 g/mol. The molecule has 1 aromatic heterocycles. The van der Waals surface area contributed by atoms with Gasteiger partial charge < -0.3 is 41.9 Å². The number of aliphatic carboxylic acids is 1. The fraction of sp³-hybridized carbons (Fsp3) is 0.227. The number of carbonyl (C=O) groups is 6. The minimum atomic E-state index is -2.31. The van der Waals surface area contributed by atoms with Crippen LogP contribution in [0.2, 0.25) is 0 Å². The molecule has 8 N–H and O–H groups in total. The summed E-state index contributed by atoms with van der Waals surface area (Å²) in [6, 6.07) is 29.7. The molecule has 1 unspecified atom stereocenters. The molecule has 304 valence electrons. The number of anilines is 1. The van der Waals surface area contributed by atoms with Gasteiger partial charge in [0.15, 0.2) is 12.2 Å². The van der Waals surface area contributed by atoms with Crippen LogP contribution in [0, 0.1) is 0 Å². The minimum Gasteiger partial charge on any atom is -0.480 e. The Bertz CT molecular complexity index is 2240.